The second-order valence-electron chi connectivity index (χ2n) is 10.6. The number of amides is 1. The molecule has 0 atom stereocenters. The first-order valence-electron chi connectivity index (χ1n) is 11.8. The first-order valence-corrected chi connectivity index (χ1v) is 11.8. The number of fused-ring (bicyclic) bond motifs is 1. The highest BCUT2D eigenvalue weighted by molar-refractivity contribution is 5.87. The zero-order valence-corrected chi connectivity index (χ0v) is 19.1. The number of benzene rings is 1. The van der Waals surface area contributed by atoms with Crippen molar-refractivity contribution < 1.29 is 22.5 Å². The van der Waals surface area contributed by atoms with Crippen LogP contribution >= 0.6 is 0 Å². The molecular formula is C24H26F3N5O2. The number of alkyl halides is 3. The van der Waals surface area contributed by atoms with Crippen molar-refractivity contribution in [1.82, 2.24) is 24.8 Å². The standard InChI is InChI=1S/C24H26F3N5O2/c1-14(2)32-18-9-16(3-4-17(18)10-28-32)19-29-20(34-30-19)15-5-7-31(8-6-15)21(33)22-11-23(12-22,13-22)24(25,26)27/h3-4,9-10,14-15H,5-8,11-13H2,1-2H3. The molecule has 1 aliphatic heterocycles. The van der Waals surface area contributed by atoms with Gasteiger partial charge in [-0.05, 0) is 52.0 Å². The van der Waals surface area contributed by atoms with Gasteiger partial charge in [-0.1, -0.05) is 17.3 Å². The number of rotatable bonds is 4. The van der Waals surface area contributed by atoms with Crippen molar-refractivity contribution in [3.8, 4) is 11.4 Å². The SMILES string of the molecule is CC(C)n1ncc2ccc(-c3noc(C4CCN(C(=O)C56CC(C(F)(F)F)(C5)C6)CC4)n3)cc21. The molecule has 10 heteroatoms. The van der Waals surface area contributed by atoms with Crippen LogP contribution in [0.2, 0.25) is 0 Å². The Balaban J connectivity index is 1.11. The zero-order chi connectivity index (χ0) is 23.9. The highest BCUT2D eigenvalue weighted by Crippen LogP contribution is 2.78. The number of hydrogen-bond acceptors (Lipinski definition) is 5. The van der Waals surface area contributed by atoms with Crippen LogP contribution in [0, 0.1) is 10.8 Å². The molecule has 1 amide bonds. The van der Waals surface area contributed by atoms with Gasteiger partial charge in [-0.15, -0.1) is 0 Å². The van der Waals surface area contributed by atoms with E-state index in [0.29, 0.717) is 37.6 Å². The predicted molar refractivity (Wildman–Crippen MR) is 117 cm³/mol. The van der Waals surface area contributed by atoms with E-state index in [1.165, 1.54) is 0 Å². The van der Waals surface area contributed by atoms with Gasteiger partial charge in [0.15, 0.2) is 0 Å². The molecular weight excluding hydrogens is 447 g/mol. The quantitative estimate of drug-likeness (QED) is 0.527. The summed E-state index contributed by atoms with van der Waals surface area (Å²) in [7, 11) is 0. The molecule has 0 unspecified atom stereocenters. The van der Waals surface area contributed by atoms with Crippen molar-refractivity contribution in [2.45, 2.75) is 64.1 Å². The van der Waals surface area contributed by atoms with E-state index < -0.39 is 17.0 Å². The molecule has 4 aliphatic rings. The Morgan fingerprint density at radius 2 is 1.88 bits per heavy atom. The van der Waals surface area contributed by atoms with Crippen LogP contribution in [0.5, 0.6) is 0 Å². The van der Waals surface area contributed by atoms with Crippen LogP contribution in [-0.2, 0) is 4.79 Å². The number of nitrogens with zero attached hydrogens (tertiary/aromatic N) is 5. The van der Waals surface area contributed by atoms with Gasteiger partial charge in [0.2, 0.25) is 17.6 Å². The Labute approximate surface area is 194 Å². The molecule has 1 saturated heterocycles. The second-order valence-corrected chi connectivity index (χ2v) is 10.6. The molecule has 2 bridgehead atoms. The normalized spacial score (nSPS) is 27.2. The number of piperidine rings is 1. The summed E-state index contributed by atoms with van der Waals surface area (Å²) in [5.41, 5.74) is -0.524. The number of carbonyl (C=O) groups is 1. The summed E-state index contributed by atoms with van der Waals surface area (Å²) in [6, 6.07) is 6.17. The Kier molecular flexibility index (Phi) is 4.48. The van der Waals surface area contributed by atoms with E-state index in [1.807, 2.05) is 29.1 Å². The van der Waals surface area contributed by atoms with Crippen LogP contribution in [-0.4, -0.2) is 50.0 Å². The van der Waals surface area contributed by atoms with Gasteiger partial charge in [-0.25, -0.2) is 0 Å². The van der Waals surface area contributed by atoms with E-state index in [9.17, 15) is 18.0 Å². The molecule has 2 aromatic heterocycles. The van der Waals surface area contributed by atoms with Crippen LogP contribution in [0.15, 0.2) is 28.9 Å². The zero-order valence-electron chi connectivity index (χ0n) is 19.1. The van der Waals surface area contributed by atoms with Gasteiger partial charge < -0.3 is 9.42 Å². The van der Waals surface area contributed by atoms with E-state index in [0.717, 1.165) is 16.5 Å². The van der Waals surface area contributed by atoms with Gasteiger partial charge in [-0.3, -0.25) is 9.48 Å². The largest absolute Gasteiger partial charge is 0.394 e. The van der Waals surface area contributed by atoms with Crippen LogP contribution in [0.3, 0.4) is 0 Å². The van der Waals surface area contributed by atoms with Crippen molar-refractivity contribution in [2.75, 3.05) is 13.1 Å². The maximum Gasteiger partial charge on any atom is 0.394 e. The first-order chi connectivity index (χ1) is 16.1. The van der Waals surface area contributed by atoms with E-state index in [1.54, 1.807) is 4.90 Å². The third kappa shape index (κ3) is 3.03. The number of carbonyl (C=O) groups excluding carboxylic acids is 1. The third-order valence-corrected chi connectivity index (χ3v) is 8.00. The molecule has 7 nitrogen and oxygen atoms in total. The van der Waals surface area contributed by atoms with Crippen molar-refractivity contribution in [1.29, 1.82) is 0 Å². The summed E-state index contributed by atoms with van der Waals surface area (Å²) in [5, 5.41) is 9.66. The lowest BCUT2D eigenvalue weighted by molar-refractivity contribution is -0.353. The Morgan fingerprint density at radius 3 is 2.53 bits per heavy atom. The van der Waals surface area contributed by atoms with E-state index in [4.69, 9.17) is 4.52 Å². The summed E-state index contributed by atoms with van der Waals surface area (Å²) in [6.45, 7) is 5.15. The second kappa shape index (κ2) is 7.05. The molecule has 3 aromatic rings. The van der Waals surface area contributed by atoms with Crippen molar-refractivity contribution in [3.05, 3.63) is 30.3 Å². The molecule has 0 N–H and O–H groups in total. The van der Waals surface area contributed by atoms with E-state index in [2.05, 4.69) is 29.1 Å². The summed E-state index contributed by atoms with van der Waals surface area (Å²) >= 11 is 0. The molecule has 180 valence electrons. The molecule has 3 aliphatic carbocycles. The minimum Gasteiger partial charge on any atom is -0.342 e. The minimum absolute atomic E-state index is 0.0322. The average Bonchev–Trinajstić information content (AvgIpc) is 3.37. The predicted octanol–water partition coefficient (Wildman–Crippen LogP) is 5.11. The molecule has 0 spiro atoms. The van der Waals surface area contributed by atoms with Gasteiger partial charge in [0.1, 0.15) is 0 Å². The molecule has 0 radical (unpaired) electrons. The van der Waals surface area contributed by atoms with Gasteiger partial charge >= 0.3 is 6.18 Å². The Bertz CT molecular complexity index is 1250. The lowest BCUT2D eigenvalue weighted by atomic mass is 9.34. The van der Waals surface area contributed by atoms with E-state index in [-0.39, 0.29) is 37.1 Å². The van der Waals surface area contributed by atoms with Gasteiger partial charge in [-0.2, -0.15) is 23.3 Å². The van der Waals surface area contributed by atoms with Crippen LogP contribution in [0.1, 0.15) is 63.8 Å². The maximum atomic E-state index is 13.1. The lowest BCUT2D eigenvalue weighted by Crippen LogP contribution is -2.73. The molecule has 1 aromatic carbocycles. The molecule has 7 rings (SSSR count). The maximum absolute atomic E-state index is 13.1. The lowest BCUT2D eigenvalue weighted by Gasteiger charge is -2.69. The molecule has 3 saturated carbocycles. The summed E-state index contributed by atoms with van der Waals surface area (Å²) in [5.74, 6) is 0.975. The fourth-order valence-electron chi connectivity index (χ4n) is 6.09. The number of halogens is 3. The van der Waals surface area contributed by atoms with E-state index >= 15 is 0 Å². The summed E-state index contributed by atoms with van der Waals surface area (Å²) < 4.78 is 46.9. The summed E-state index contributed by atoms with van der Waals surface area (Å²) in [6.07, 6.45) is -1.18. The summed E-state index contributed by atoms with van der Waals surface area (Å²) in [4.78, 5) is 19.3. The third-order valence-electron chi connectivity index (χ3n) is 8.00. The van der Waals surface area contributed by atoms with Crippen LogP contribution in [0.25, 0.3) is 22.3 Å². The van der Waals surface area contributed by atoms with Crippen molar-refractivity contribution >= 4 is 16.8 Å². The van der Waals surface area contributed by atoms with Gasteiger partial charge in [0.05, 0.1) is 22.5 Å². The van der Waals surface area contributed by atoms with Gasteiger partial charge in [0, 0.05) is 36.0 Å². The highest BCUT2D eigenvalue weighted by Gasteiger charge is 2.81. The smallest absolute Gasteiger partial charge is 0.342 e. The number of hydrogen-bond donors (Lipinski definition) is 0. The van der Waals surface area contributed by atoms with Crippen LogP contribution in [0.4, 0.5) is 13.2 Å². The fourth-order valence-corrected chi connectivity index (χ4v) is 6.09. The highest BCUT2D eigenvalue weighted by atomic mass is 19.4. The minimum atomic E-state index is -4.20. The molecule has 4 fully saturated rings. The number of likely N-dealkylation sites (tertiary alicyclic amines) is 1. The molecule has 34 heavy (non-hydrogen) atoms. The van der Waals surface area contributed by atoms with Crippen LogP contribution < -0.4 is 0 Å². The van der Waals surface area contributed by atoms with Crippen molar-refractivity contribution in [3.63, 3.8) is 0 Å². The topological polar surface area (TPSA) is 77.0 Å². The monoisotopic (exact) mass is 473 g/mol. The van der Waals surface area contributed by atoms with Gasteiger partial charge in [0.25, 0.3) is 0 Å². The fraction of sp³-hybridized carbons (Fsp3) is 0.583. The Hall–Kier alpha value is -2.91. The van der Waals surface area contributed by atoms with Crippen molar-refractivity contribution in [2.24, 2.45) is 10.8 Å². The molecule has 3 heterocycles. The first kappa shape index (κ1) is 21.6. The number of aromatic nitrogens is 4. The average molecular weight is 473 g/mol. The Morgan fingerprint density at radius 1 is 1.18 bits per heavy atom.